The number of carbonyl (C=O) groups is 2. The Hall–Kier alpha value is -4.18. The summed E-state index contributed by atoms with van der Waals surface area (Å²) in [6, 6.07) is 12.1. The lowest BCUT2D eigenvalue weighted by Gasteiger charge is -2.26. The summed E-state index contributed by atoms with van der Waals surface area (Å²) in [4.78, 5) is 37.3. The SMILES string of the molecule is CCN(CC)C(=O)COc1c(-c2ccc(N3CCCCC3=O)cc2)nn(C)c1-c1nc2cc3c(cc2[nH]1)CNC3. The molecule has 0 spiro atoms. The Morgan fingerprint density at radius 2 is 1.82 bits per heavy atom. The molecule has 0 unspecified atom stereocenters. The van der Waals surface area contributed by atoms with Crippen LogP contribution >= 0.6 is 0 Å². The number of benzene rings is 2. The maximum Gasteiger partial charge on any atom is 0.260 e. The fraction of sp³-hybridized carbons (Fsp3) is 0.400. The number of aromatic amines is 1. The Bertz CT molecular complexity index is 1530. The number of imidazole rings is 1. The molecule has 1 saturated heterocycles. The molecule has 10 heteroatoms. The second-order valence-electron chi connectivity index (χ2n) is 10.4. The van der Waals surface area contributed by atoms with Crippen LogP contribution in [0.5, 0.6) is 5.75 Å². The first-order valence-electron chi connectivity index (χ1n) is 14.1. The summed E-state index contributed by atoms with van der Waals surface area (Å²) in [6.45, 7) is 7.46. The summed E-state index contributed by atoms with van der Waals surface area (Å²) in [7, 11) is 1.86. The lowest BCUT2D eigenvalue weighted by molar-refractivity contribution is -0.133. The third-order valence-corrected chi connectivity index (χ3v) is 7.89. The van der Waals surface area contributed by atoms with E-state index in [1.807, 2.05) is 50.1 Å². The smallest absolute Gasteiger partial charge is 0.260 e. The van der Waals surface area contributed by atoms with Gasteiger partial charge in [-0.3, -0.25) is 14.3 Å². The first-order valence-corrected chi connectivity index (χ1v) is 14.1. The molecule has 208 valence electrons. The van der Waals surface area contributed by atoms with Gasteiger partial charge < -0.3 is 24.8 Å². The van der Waals surface area contributed by atoms with Crippen LogP contribution in [0.3, 0.4) is 0 Å². The highest BCUT2D eigenvalue weighted by atomic mass is 16.5. The fourth-order valence-corrected chi connectivity index (χ4v) is 5.69. The molecular weight excluding hydrogens is 506 g/mol. The van der Waals surface area contributed by atoms with Crippen molar-refractivity contribution in [3.8, 4) is 28.5 Å². The predicted octanol–water partition coefficient (Wildman–Crippen LogP) is 4.00. The van der Waals surface area contributed by atoms with Gasteiger partial charge in [0.15, 0.2) is 18.2 Å². The Labute approximate surface area is 233 Å². The molecule has 2 aliphatic rings. The van der Waals surface area contributed by atoms with E-state index in [1.54, 1.807) is 9.58 Å². The minimum absolute atomic E-state index is 0.0850. The number of H-pyrrole nitrogens is 1. The number of aryl methyl sites for hydroxylation is 1. The summed E-state index contributed by atoms with van der Waals surface area (Å²) in [5.74, 6) is 1.20. The van der Waals surface area contributed by atoms with E-state index < -0.39 is 0 Å². The Morgan fingerprint density at radius 3 is 2.55 bits per heavy atom. The largest absolute Gasteiger partial charge is 0.479 e. The van der Waals surface area contributed by atoms with E-state index in [-0.39, 0.29) is 18.4 Å². The molecule has 2 N–H and O–H groups in total. The van der Waals surface area contributed by atoms with E-state index in [0.717, 1.165) is 54.8 Å². The Balaban J connectivity index is 1.39. The average Bonchev–Trinajstić information content (AvgIpc) is 3.67. The van der Waals surface area contributed by atoms with Gasteiger partial charge in [0.25, 0.3) is 5.91 Å². The predicted molar refractivity (Wildman–Crippen MR) is 154 cm³/mol. The van der Waals surface area contributed by atoms with Crippen LogP contribution in [0.25, 0.3) is 33.8 Å². The van der Waals surface area contributed by atoms with E-state index in [1.165, 1.54) is 11.1 Å². The van der Waals surface area contributed by atoms with Crippen LogP contribution in [0.4, 0.5) is 5.69 Å². The van der Waals surface area contributed by atoms with Crippen molar-refractivity contribution in [2.75, 3.05) is 31.1 Å². The molecule has 2 aromatic heterocycles. The first kappa shape index (κ1) is 26.1. The van der Waals surface area contributed by atoms with Crippen molar-refractivity contribution in [2.24, 2.45) is 7.05 Å². The van der Waals surface area contributed by atoms with Crippen LogP contribution in [0.15, 0.2) is 36.4 Å². The van der Waals surface area contributed by atoms with E-state index in [9.17, 15) is 9.59 Å². The number of piperidine rings is 1. The molecule has 1 fully saturated rings. The first-order chi connectivity index (χ1) is 19.5. The number of likely N-dealkylation sites (N-methyl/N-ethyl adjacent to an activating group) is 1. The maximum atomic E-state index is 12.9. The number of ether oxygens (including phenoxy) is 1. The highest BCUT2D eigenvalue weighted by Crippen LogP contribution is 2.39. The van der Waals surface area contributed by atoms with Crippen molar-refractivity contribution >= 4 is 28.5 Å². The number of nitrogens with one attached hydrogen (secondary N) is 2. The molecule has 40 heavy (non-hydrogen) atoms. The molecule has 0 aliphatic carbocycles. The number of amides is 2. The summed E-state index contributed by atoms with van der Waals surface area (Å²) >= 11 is 0. The minimum atomic E-state index is -0.103. The zero-order valence-corrected chi connectivity index (χ0v) is 23.3. The standard InChI is InChI=1S/C30H35N7O3/c1-4-36(5-2)26(39)18-40-29-27(19-9-11-22(12-10-19)37-13-7-6-8-25(37)38)34-35(3)28(29)30-32-23-14-20-16-31-17-21(20)15-24(23)33-30/h9-12,14-15,31H,4-8,13,16-18H2,1-3H3,(H,32,33). The van der Waals surface area contributed by atoms with E-state index in [0.29, 0.717) is 42.5 Å². The van der Waals surface area contributed by atoms with Crippen molar-refractivity contribution in [2.45, 2.75) is 46.2 Å². The zero-order chi connectivity index (χ0) is 27.8. The number of anilines is 1. The molecule has 6 rings (SSSR count). The van der Waals surface area contributed by atoms with Gasteiger partial charge in [0.1, 0.15) is 11.4 Å². The van der Waals surface area contributed by atoms with Gasteiger partial charge in [-0.05, 0) is 62.1 Å². The second-order valence-corrected chi connectivity index (χ2v) is 10.4. The van der Waals surface area contributed by atoms with Crippen molar-refractivity contribution in [3.63, 3.8) is 0 Å². The monoisotopic (exact) mass is 541 g/mol. The molecule has 4 heterocycles. The zero-order valence-electron chi connectivity index (χ0n) is 23.3. The number of rotatable bonds is 8. The van der Waals surface area contributed by atoms with E-state index >= 15 is 0 Å². The molecule has 0 bridgehead atoms. The van der Waals surface area contributed by atoms with Crippen molar-refractivity contribution < 1.29 is 14.3 Å². The van der Waals surface area contributed by atoms with Gasteiger partial charge in [-0.2, -0.15) is 5.10 Å². The van der Waals surface area contributed by atoms with Gasteiger partial charge in [-0.25, -0.2) is 4.98 Å². The average molecular weight is 542 g/mol. The number of hydrogen-bond acceptors (Lipinski definition) is 6. The third-order valence-electron chi connectivity index (χ3n) is 7.89. The van der Waals surface area contributed by atoms with Gasteiger partial charge in [0.2, 0.25) is 5.91 Å². The summed E-state index contributed by atoms with van der Waals surface area (Å²) in [5.41, 5.74) is 7.35. The molecule has 10 nitrogen and oxygen atoms in total. The van der Waals surface area contributed by atoms with Gasteiger partial charge in [-0.15, -0.1) is 0 Å². The molecule has 4 aromatic rings. The van der Waals surface area contributed by atoms with Crippen LogP contribution in [0, 0.1) is 0 Å². The van der Waals surface area contributed by atoms with Crippen molar-refractivity contribution in [1.29, 1.82) is 0 Å². The van der Waals surface area contributed by atoms with E-state index in [2.05, 4.69) is 22.4 Å². The quantitative estimate of drug-likeness (QED) is 0.349. The van der Waals surface area contributed by atoms with Crippen LogP contribution in [-0.2, 0) is 29.7 Å². The second kappa shape index (κ2) is 10.8. The number of hydrogen-bond donors (Lipinski definition) is 2. The molecule has 2 aromatic carbocycles. The lowest BCUT2D eigenvalue weighted by atomic mass is 10.1. The van der Waals surface area contributed by atoms with Crippen molar-refractivity contribution in [1.82, 2.24) is 30.0 Å². The lowest BCUT2D eigenvalue weighted by Crippen LogP contribution is -2.35. The Morgan fingerprint density at radius 1 is 1.07 bits per heavy atom. The number of fused-ring (bicyclic) bond motifs is 2. The van der Waals surface area contributed by atoms with Gasteiger partial charge in [-0.1, -0.05) is 12.1 Å². The topological polar surface area (TPSA) is 108 Å². The van der Waals surface area contributed by atoms with Gasteiger partial charge in [0.05, 0.1) is 11.0 Å². The number of nitrogens with zero attached hydrogens (tertiary/aromatic N) is 5. The fourth-order valence-electron chi connectivity index (χ4n) is 5.69. The summed E-state index contributed by atoms with van der Waals surface area (Å²) < 4.78 is 8.03. The van der Waals surface area contributed by atoms with Crippen LogP contribution < -0.4 is 15.0 Å². The molecule has 2 amide bonds. The minimum Gasteiger partial charge on any atom is -0.479 e. The molecule has 2 aliphatic heterocycles. The summed E-state index contributed by atoms with van der Waals surface area (Å²) in [6.07, 6.45) is 2.53. The molecule has 0 saturated carbocycles. The molecule has 0 radical (unpaired) electrons. The van der Waals surface area contributed by atoms with Crippen LogP contribution in [-0.4, -0.2) is 62.7 Å². The van der Waals surface area contributed by atoms with Gasteiger partial charge >= 0.3 is 0 Å². The van der Waals surface area contributed by atoms with Crippen molar-refractivity contribution in [3.05, 3.63) is 47.5 Å². The van der Waals surface area contributed by atoms with Crippen LogP contribution in [0.1, 0.15) is 44.2 Å². The number of carbonyl (C=O) groups excluding carboxylic acids is 2. The summed E-state index contributed by atoms with van der Waals surface area (Å²) in [5, 5.41) is 8.20. The normalized spacial score (nSPS) is 15.1. The number of aromatic nitrogens is 4. The highest BCUT2D eigenvalue weighted by molar-refractivity contribution is 5.94. The van der Waals surface area contributed by atoms with Gasteiger partial charge in [0, 0.05) is 57.4 Å². The van der Waals surface area contributed by atoms with Crippen LogP contribution in [0.2, 0.25) is 0 Å². The maximum absolute atomic E-state index is 12.9. The third kappa shape index (κ3) is 4.72. The van der Waals surface area contributed by atoms with E-state index in [4.69, 9.17) is 14.8 Å². The molecule has 0 atom stereocenters. The molecular formula is C30H35N7O3. The highest BCUT2D eigenvalue weighted by Gasteiger charge is 2.26. The Kier molecular flexibility index (Phi) is 7.02.